The Balaban J connectivity index is 1.29. The van der Waals surface area contributed by atoms with E-state index in [0.717, 1.165) is 60.8 Å². The lowest BCUT2D eigenvalue weighted by atomic mass is 10.2. The third-order valence-corrected chi connectivity index (χ3v) is 6.46. The van der Waals surface area contributed by atoms with Crippen LogP contribution in [0.15, 0.2) is 52.2 Å². The highest BCUT2D eigenvalue weighted by Crippen LogP contribution is 2.24. The van der Waals surface area contributed by atoms with Crippen molar-refractivity contribution in [2.45, 2.75) is 31.2 Å². The summed E-state index contributed by atoms with van der Waals surface area (Å²) in [6.07, 6.45) is 2.43. The number of thioether (sulfide) groups is 1. The van der Waals surface area contributed by atoms with Crippen molar-refractivity contribution in [3.05, 3.63) is 65.5 Å². The van der Waals surface area contributed by atoms with Gasteiger partial charge >= 0.3 is 0 Å². The SMILES string of the molecule is CCN1CCN(c2cc(C)nc(SCc3ccc(C(=O)NCCc4ccccn4)o3)n2)CC1. The Hall–Kier alpha value is -2.91. The van der Waals surface area contributed by atoms with Crippen LogP contribution < -0.4 is 10.2 Å². The lowest BCUT2D eigenvalue weighted by molar-refractivity contribution is 0.0925. The molecule has 0 atom stereocenters. The number of aryl methyl sites for hydroxylation is 1. The van der Waals surface area contributed by atoms with Crippen LogP contribution in [0.5, 0.6) is 0 Å². The predicted molar refractivity (Wildman–Crippen MR) is 130 cm³/mol. The topological polar surface area (TPSA) is 87.4 Å². The summed E-state index contributed by atoms with van der Waals surface area (Å²) in [7, 11) is 0. The summed E-state index contributed by atoms with van der Waals surface area (Å²) in [5.41, 5.74) is 1.90. The van der Waals surface area contributed by atoms with Crippen molar-refractivity contribution in [1.82, 2.24) is 25.2 Å². The van der Waals surface area contributed by atoms with Crippen molar-refractivity contribution in [2.24, 2.45) is 0 Å². The van der Waals surface area contributed by atoms with Crippen molar-refractivity contribution < 1.29 is 9.21 Å². The Labute approximate surface area is 198 Å². The van der Waals surface area contributed by atoms with Crippen molar-refractivity contribution in [1.29, 1.82) is 0 Å². The number of hydrogen-bond acceptors (Lipinski definition) is 8. The van der Waals surface area contributed by atoms with Crippen LogP contribution in [-0.2, 0) is 12.2 Å². The highest BCUT2D eigenvalue weighted by Gasteiger charge is 2.18. The smallest absolute Gasteiger partial charge is 0.287 e. The van der Waals surface area contributed by atoms with Crippen LogP contribution in [0.4, 0.5) is 5.82 Å². The molecule has 9 heteroatoms. The summed E-state index contributed by atoms with van der Waals surface area (Å²) in [4.78, 5) is 30.7. The quantitative estimate of drug-likeness (QED) is 0.380. The molecule has 8 nitrogen and oxygen atoms in total. The number of nitrogens with zero attached hydrogens (tertiary/aromatic N) is 5. The molecule has 1 aliphatic rings. The van der Waals surface area contributed by atoms with Gasteiger partial charge in [-0.1, -0.05) is 24.8 Å². The molecule has 3 aromatic rings. The van der Waals surface area contributed by atoms with Crippen molar-refractivity contribution in [2.75, 3.05) is 44.2 Å². The predicted octanol–water partition coefficient (Wildman–Crippen LogP) is 3.18. The van der Waals surface area contributed by atoms with Crippen LogP contribution in [0.25, 0.3) is 0 Å². The number of carbonyl (C=O) groups excluding carboxylic acids is 1. The largest absolute Gasteiger partial charge is 0.455 e. The van der Waals surface area contributed by atoms with Gasteiger partial charge in [0.1, 0.15) is 11.6 Å². The van der Waals surface area contributed by atoms with Crippen LogP contribution in [-0.4, -0.2) is 65.0 Å². The number of furan rings is 1. The minimum absolute atomic E-state index is 0.220. The molecule has 1 fully saturated rings. The molecule has 3 aromatic heterocycles. The number of likely N-dealkylation sites (N-methyl/N-ethyl adjacent to an activating group) is 1. The van der Waals surface area contributed by atoms with Gasteiger partial charge in [-0.2, -0.15) is 0 Å². The summed E-state index contributed by atoms with van der Waals surface area (Å²) >= 11 is 1.52. The lowest BCUT2D eigenvalue weighted by Crippen LogP contribution is -2.46. The Morgan fingerprint density at radius 3 is 2.76 bits per heavy atom. The molecule has 4 heterocycles. The molecule has 0 bridgehead atoms. The highest BCUT2D eigenvalue weighted by molar-refractivity contribution is 7.98. The van der Waals surface area contributed by atoms with Crippen LogP contribution >= 0.6 is 11.8 Å². The van der Waals surface area contributed by atoms with Crippen LogP contribution in [0.1, 0.15) is 34.6 Å². The third-order valence-electron chi connectivity index (χ3n) is 5.59. The van der Waals surface area contributed by atoms with Gasteiger partial charge < -0.3 is 19.5 Å². The van der Waals surface area contributed by atoms with Crippen molar-refractivity contribution in [3.8, 4) is 0 Å². The first-order chi connectivity index (χ1) is 16.1. The molecular formula is C24H30N6O2S. The molecule has 33 heavy (non-hydrogen) atoms. The maximum atomic E-state index is 12.4. The highest BCUT2D eigenvalue weighted by atomic mass is 32.2. The monoisotopic (exact) mass is 466 g/mol. The molecule has 174 valence electrons. The van der Waals surface area contributed by atoms with E-state index in [9.17, 15) is 4.79 Å². The first-order valence-corrected chi connectivity index (χ1v) is 12.3. The van der Waals surface area contributed by atoms with E-state index in [-0.39, 0.29) is 5.91 Å². The number of rotatable bonds is 9. The fraction of sp³-hybridized carbons (Fsp3) is 0.417. The Morgan fingerprint density at radius 1 is 1.15 bits per heavy atom. The van der Waals surface area contributed by atoms with Crippen LogP contribution in [0.2, 0.25) is 0 Å². The summed E-state index contributed by atoms with van der Waals surface area (Å²) in [6, 6.07) is 11.3. The first-order valence-electron chi connectivity index (χ1n) is 11.3. The van der Waals surface area contributed by atoms with Gasteiger partial charge in [0.15, 0.2) is 10.9 Å². The second-order valence-corrected chi connectivity index (χ2v) is 8.90. The molecule has 0 spiro atoms. The molecule has 1 amide bonds. The fourth-order valence-electron chi connectivity index (χ4n) is 3.70. The Kier molecular flexibility index (Phi) is 7.96. The molecule has 0 unspecified atom stereocenters. The van der Waals surface area contributed by atoms with E-state index in [2.05, 4.69) is 32.0 Å². The van der Waals surface area contributed by atoms with E-state index in [1.807, 2.05) is 37.3 Å². The molecule has 0 aliphatic carbocycles. The Morgan fingerprint density at radius 2 is 2.00 bits per heavy atom. The normalized spacial score (nSPS) is 14.4. The molecule has 0 aromatic carbocycles. The van der Waals surface area contributed by atoms with Crippen LogP contribution in [0.3, 0.4) is 0 Å². The zero-order valence-electron chi connectivity index (χ0n) is 19.2. The lowest BCUT2D eigenvalue weighted by Gasteiger charge is -2.34. The molecule has 0 radical (unpaired) electrons. The number of pyridine rings is 1. The van der Waals surface area contributed by atoms with Crippen LogP contribution in [0, 0.1) is 6.92 Å². The molecular weight excluding hydrogens is 436 g/mol. The maximum absolute atomic E-state index is 12.4. The van der Waals surface area contributed by atoms with Gasteiger partial charge in [-0.15, -0.1) is 0 Å². The van der Waals surface area contributed by atoms with Gasteiger partial charge in [0.05, 0.1) is 5.75 Å². The van der Waals surface area contributed by atoms with E-state index in [1.54, 1.807) is 12.3 Å². The van der Waals surface area contributed by atoms with E-state index in [4.69, 9.17) is 9.40 Å². The van der Waals surface area contributed by atoms with Crippen molar-refractivity contribution in [3.63, 3.8) is 0 Å². The standard InChI is InChI=1S/C24H30N6O2S/c1-3-29-12-14-30(15-13-29)22-16-18(2)27-24(28-22)33-17-20-7-8-21(32-20)23(31)26-11-9-19-6-4-5-10-25-19/h4-8,10,16H,3,9,11-15,17H2,1-2H3,(H,26,31). The number of nitrogens with one attached hydrogen (secondary N) is 1. The summed E-state index contributed by atoms with van der Waals surface area (Å²) in [6.45, 7) is 9.86. The first kappa shape index (κ1) is 23.3. The number of anilines is 1. The zero-order valence-corrected chi connectivity index (χ0v) is 20.0. The number of amides is 1. The second-order valence-electron chi connectivity index (χ2n) is 7.95. The van der Waals surface area contributed by atoms with Gasteiger partial charge in [-0.3, -0.25) is 9.78 Å². The van der Waals surface area contributed by atoms with Crippen molar-refractivity contribution >= 4 is 23.5 Å². The number of carbonyl (C=O) groups is 1. The van der Waals surface area contributed by atoms with Gasteiger partial charge in [-0.05, 0) is 37.7 Å². The van der Waals surface area contributed by atoms with Gasteiger partial charge in [0, 0.05) is 62.8 Å². The van der Waals surface area contributed by atoms with E-state index < -0.39 is 0 Å². The molecule has 4 rings (SSSR count). The molecule has 0 saturated carbocycles. The fourth-order valence-corrected chi connectivity index (χ4v) is 4.49. The number of aromatic nitrogens is 3. The Bertz CT molecular complexity index is 1050. The third kappa shape index (κ3) is 6.55. The summed E-state index contributed by atoms with van der Waals surface area (Å²) in [5.74, 6) is 2.35. The minimum Gasteiger partial charge on any atom is -0.455 e. The number of hydrogen-bond donors (Lipinski definition) is 1. The van der Waals surface area contributed by atoms with Gasteiger partial charge in [-0.25, -0.2) is 9.97 Å². The van der Waals surface area contributed by atoms with Gasteiger partial charge in [0.2, 0.25) is 0 Å². The average Bonchev–Trinajstić information content (AvgIpc) is 3.32. The molecule has 1 N–H and O–H groups in total. The maximum Gasteiger partial charge on any atom is 0.287 e. The summed E-state index contributed by atoms with van der Waals surface area (Å²) < 4.78 is 5.75. The second kappa shape index (κ2) is 11.3. The molecule has 1 aliphatic heterocycles. The zero-order chi connectivity index (χ0) is 23.0. The van der Waals surface area contributed by atoms with Gasteiger partial charge in [0.25, 0.3) is 5.91 Å². The van der Waals surface area contributed by atoms with E-state index >= 15 is 0 Å². The minimum atomic E-state index is -0.220. The molecule has 1 saturated heterocycles. The van der Waals surface area contributed by atoms with E-state index in [1.165, 1.54) is 11.8 Å². The number of piperazine rings is 1. The average molecular weight is 467 g/mol. The summed E-state index contributed by atoms with van der Waals surface area (Å²) in [5, 5.41) is 3.60. The van der Waals surface area contributed by atoms with E-state index in [0.29, 0.717) is 24.5 Å².